The molecule has 2 aliphatic heterocycles. The topological polar surface area (TPSA) is 89.4 Å². The van der Waals surface area contributed by atoms with Gasteiger partial charge < -0.3 is 20.3 Å². The molecule has 33 heavy (non-hydrogen) atoms. The minimum atomic E-state index is -3.30. The maximum atomic E-state index is 10.9. The highest BCUT2D eigenvalue weighted by Gasteiger charge is 2.36. The molecule has 7 nitrogen and oxygen atoms in total. The molecule has 0 unspecified atom stereocenters. The van der Waals surface area contributed by atoms with Crippen LogP contribution in [0.3, 0.4) is 0 Å². The Morgan fingerprint density at radius 1 is 1.18 bits per heavy atom. The van der Waals surface area contributed by atoms with Gasteiger partial charge in [-0.2, -0.15) is 4.40 Å². The number of hydrogen-bond acceptors (Lipinski definition) is 8. The third-order valence-corrected chi connectivity index (χ3v) is 8.41. The second kappa shape index (κ2) is 10.3. The molecule has 0 radical (unpaired) electrons. The number of nitrogens with one attached hydrogen (secondary N) is 2. The predicted molar refractivity (Wildman–Crippen MR) is 141 cm³/mol. The van der Waals surface area contributed by atoms with E-state index in [1.165, 1.54) is 11.3 Å². The van der Waals surface area contributed by atoms with Gasteiger partial charge in [-0.15, -0.1) is 0 Å². The molecule has 1 aromatic heterocycles. The van der Waals surface area contributed by atoms with Crippen LogP contribution in [0, 0.1) is 0 Å². The van der Waals surface area contributed by atoms with Gasteiger partial charge in [0.15, 0.2) is 5.06 Å². The van der Waals surface area contributed by atoms with E-state index in [0.717, 1.165) is 37.6 Å². The van der Waals surface area contributed by atoms with Gasteiger partial charge in [0.05, 0.1) is 0 Å². The normalized spacial score (nSPS) is 22.2. The summed E-state index contributed by atoms with van der Waals surface area (Å²) in [5.41, 5.74) is 1.59. The smallest absolute Gasteiger partial charge is 0.182 e. The maximum Gasteiger partial charge on any atom is 0.182 e. The van der Waals surface area contributed by atoms with Gasteiger partial charge in [-0.1, -0.05) is 34.8 Å². The number of ether oxygens (including phenoxy) is 1. The molecule has 0 saturated carbocycles. The van der Waals surface area contributed by atoms with Gasteiger partial charge in [0.2, 0.25) is 0 Å². The molecule has 2 fully saturated rings. The average Bonchev–Trinajstić information content (AvgIpc) is 3.18. The second-order valence-electron chi connectivity index (χ2n) is 9.80. The van der Waals surface area contributed by atoms with Crippen LogP contribution in [0.5, 0.6) is 5.06 Å². The monoisotopic (exact) mass is 494 g/mol. The summed E-state index contributed by atoms with van der Waals surface area (Å²) < 4.78 is 32.6. The minimum absolute atomic E-state index is 0.154. The fourth-order valence-electron chi connectivity index (χ4n) is 4.55. The number of nitrogens with zero attached hydrogens (tertiary/aromatic N) is 2. The van der Waals surface area contributed by atoms with Crippen molar-refractivity contribution in [3.05, 3.63) is 48.4 Å². The van der Waals surface area contributed by atoms with Gasteiger partial charge in [0.1, 0.15) is 9.97 Å². The first-order valence-electron chi connectivity index (χ1n) is 11.3. The lowest BCUT2D eigenvalue weighted by Crippen LogP contribution is -2.58. The molecular weight excluding hydrogens is 456 g/mol. The molecule has 3 heterocycles. The molecule has 0 amide bonds. The summed E-state index contributed by atoms with van der Waals surface area (Å²) in [6, 6.07) is 3.44. The molecule has 2 saturated heterocycles. The van der Waals surface area contributed by atoms with E-state index < -0.39 is 10.8 Å². The predicted octanol–water partition coefficient (Wildman–Crippen LogP) is 5.41. The van der Waals surface area contributed by atoms with E-state index in [-0.39, 0.29) is 11.1 Å². The van der Waals surface area contributed by atoms with Crippen molar-refractivity contribution in [1.82, 2.24) is 15.5 Å². The van der Waals surface area contributed by atoms with Crippen LogP contribution in [-0.4, -0.2) is 57.0 Å². The average molecular weight is 495 g/mol. The maximum absolute atomic E-state index is 10.9. The number of rotatable bonds is 7. The highest BCUT2D eigenvalue weighted by atomic mass is 32.3. The van der Waals surface area contributed by atoms with Crippen molar-refractivity contribution in [2.24, 2.45) is 4.40 Å². The Bertz CT molecular complexity index is 923. The van der Waals surface area contributed by atoms with Gasteiger partial charge in [0.25, 0.3) is 0 Å². The van der Waals surface area contributed by atoms with Crippen molar-refractivity contribution in [2.75, 3.05) is 26.2 Å². The highest BCUT2D eigenvalue weighted by Crippen LogP contribution is 2.55. The van der Waals surface area contributed by atoms with Gasteiger partial charge >= 0.3 is 0 Å². The zero-order valence-corrected chi connectivity index (χ0v) is 22.0. The van der Waals surface area contributed by atoms with Gasteiger partial charge in [-0.3, -0.25) is 9.11 Å². The number of piperidine rings is 1. The Morgan fingerprint density at radius 3 is 2.39 bits per heavy atom. The second-order valence-corrected chi connectivity index (χ2v) is 12.8. The zero-order chi connectivity index (χ0) is 24.3. The van der Waals surface area contributed by atoms with Crippen LogP contribution in [0.2, 0.25) is 0 Å². The quantitative estimate of drug-likeness (QED) is 0.299. The highest BCUT2D eigenvalue weighted by molar-refractivity contribution is 8.24. The Morgan fingerprint density at radius 2 is 1.82 bits per heavy atom. The molecule has 0 aromatic carbocycles. The van der Waals surface area contributed by atoms with Crippen molar-refractivity contribution in [3.63, 3.8) is 0 Å². The molecule has 0 aliphatic carbocycles. The molecule has 0 atom stereocenters. The van der Waals surface area contributed by atoms with E-state index >= 15 is 0 Å². The van der Waals surface area contributed by atoms with Crippen molar-refractivity contribution >= 4 is 27.8 Å². The summed E-state index contributed by atoms with van der Waals surface area (Å²) >= 11 is 1.20. The molecule has 3 rings (SSSR count). The lowest BCUT2D eigenvalue weighted by molar-refractivity contribution is 0.252. The van der Waals surface area contributed by atoms with Crippen molar-refractivity contribution < 1.29 is 13.8 Å². The Kier molecular flexibility index (Phi) is 8.14. The molecule has 0 spiro atoms. The SMILES string of the molecule is C=CC(=CC(=CC)N1CCNCC1)Oc1ccc(S(O)(O)N=C2CC(C)(C)NC(C)(C)C2)s1. The fraction of sp³-hybridized carbons (Fsp3) is 0.542. The molecule has 9 heteroatoms. The summed E-state index contributed by atoms with van der Waals surface area (Å²) in [7, 11) is -3.30. The van der Waals surface area contributed by atoms with Crippen LogP contribution < -0.4 is 15.4 Å². The molecule has 2 aliphatic rings. The molecular formula is C24H38N4O3S2. The van der Waals surface area contributed by atoms with Crippen LogP contribution in [0.25, 0.3) is 0 Å². The minimum Gasteiger partial charge on any atom is -0.447 e. The summed E-state index contributed by atoms with van der Waals surface area (Å²) in [5.74, 6) is 0.611. The first-order chi connectivity index (χ1) is 15.4. The van der Waals surface area contributed by atoms with Gasteiger partial charge in [-0.05, 0) is 52.8 Å². The van der Waals surface area contributed by atoms with Crippen molar-refractivity contribution in [3.8, 4) is 5.06 Å². The van der Waals surface area contributed by atoms with E-state index in [1.54, 1.807) is 18.2 Å². The van der Waals surface area contributed by atoms with E-state index in [0.29, 0.717) is 27.9 Å². The summed E-state index contributed by atoms with van der Waals surface area (Å²) in [5, 5.41) is 7.51. The zero-order valence-electron chi connectivity index (χ0n) is 20.4. The fourth-order valence-corrected chi connectivity index (χ4v) is 6.80. The number of allylic oxidation sites excluding steroid dienone is 3. The summed E-state index contributed by atoms with van der Waals surface area (Å²) in [4.78, 5) is 2.30. The number of hydrogen-bond donors (Lipinski definition) is 4. The van der Waals surface area contributed by atoms with Crippen LogP contribution in [-0.2, 0) is 0 Å². The molecule has 184 valence electrons. The summed E-state index contributed by atoms with van der Waals surface area (Å²) in [6.07, 6.45) is 7.04. The lowest BCUT2D eigenvalue weighted by atomic mass is 9.82. The summed E-state index contributed by atoms with van der Waals surface area (Å²) in [6.45, 7) is 18.1. The number of thiophene rings is 1. The van der Waals surface area contributed by atoms with Crippen molar-refractivity contribution in [2.45, 2.75) is 62.7 Å². The molecule has 0 bridgehead atoms. The van der Waals surface area contributed by atoms with Crippen LogP contribution in [0.4, 0.5) is 0 Å². The molecule has 4 N–H and O–H groups in total. The van der Waals surface area contributed by atoms with E-state index in [9.17, 15) is 9.11 Å². The Hall–Kier alpha value is -1.62. The van der Waals surface area contributed by atoms with Gasteiger partial charge in [0, 0.05) is 67.6 Å². The molecule has 1 aromatic rings. The van der Waals surface area contributed by atoms with E-state index in [4.69, 9.17) is 4.74 Å². The van der Waals surface area contributed by atoms with Crippen LogP contribution >= 0.6 is 22.1 Å². The van der Waals surface area contributed by atoms with Crippen molar-refractivity contribution in [1.29, 1.82) is 0 Å². The van der Waals surface area contributed by atoms with E-state index in [2.05, 4.69) is 60.3 Å². The van der Waals surface area contributed by atoms with Crippen LogP contribution in [0.1, 0.15) is 47.5 Å². The standard InChI is InChI=1S/C24H38N4O3S2/c1-7-19(28-13-11-25-12-14-28)15-20(8-2)31-21-9-10-22(32-21)33(29,30)26-18-16-23(3,4)27-24(5,6)17-18/h7-10,15,25,27,29-30H,2,11-14,16-17H2,1,3-6H3. The first-order valence-corrected chi connectivity index (χ1v) is 13.6. The Balaban J connectivity index is 1.75. The Labute approximate surface area is 203 Å². The third-order valence-electron chi connectivity index (χ3n) is 5.54. The largest absolute Gasteiger partial charge is 0.447 e. The lowest BCUT2D eigenvalue weighted by Gasteiger charge is -2.43. The third kappa shape index (κ3) is 7.18. The van der Waals surface area contributed by atoms with E-state index in [1.807, 2.05) is 13.0 Å². The van der Waals surface area contributed by atoms with Gasteiger partial charge in [-0.25, -0.2) is 0 Å². The first kappa shape index (κ1) is 26.0. The number of piperazine rings is 1. The van der Waals surface area contributed by atoms with Crippen LogP contribution in [0.15, 0.2) is 57.0 Å².